The molecule has 0 aliphatic rings. The normalized spacial score (nSPS) is 13.3. The van der Waals surface area contributed by atoms with Gasteiger partial charge in [0.1, 0.15) is 0 Å². The number of benzene rings is 1. The zero-order valence-corrected chi connectivity index (χ0v) is 11.3. The zero-order valence-electron chi connectivity index (χ0n) is 11.3. The summed E-state index contributed by atoms with van der Waals surface area (Å²) in [6.07, 6.45) is -1.60. The minimum atomic E-state index is -2.28. The zero-order chi connectivity index (χ0) is 13.7. The minimum absolute atomic E-state index is 0.0938. The highest BCUT2D eigenvalue weighted by Gasteiger charge is 2.11. The van der Waals surface area contributed by atoms with E-state index >= 15 is 0 Å². The molecule has 0 saturated carbocycles. The Morgan fingerprint density at radius 2 is 1.72 bits per heavy atom. The first-order valence-corrected chi connectivity index (χ1v) is 6.19. The molecule has 1 aromatic carbocycles. The summed E-state index contributed by atoms with van der Waals surface area (Å²) in [6.45, 7) is 4.45. The van der Waals surface area contributed by atoms with Crippen LogP contribution in [0.15, 0.2) is 18.2 Å². The van der Waals surface area contributed by atoms with Crippen molar-refractivity contribution in [3.05, 3.63) is 34.9 Å². The summed E-state index contributed by atoms with van der Waals surface area (Å²) < 4.78 is 24.3. The molecule has 4 heteroatoms. The van der Waals surface area contributed by atoms with Crippen molar-refractivity contribution in [2.24, 2.45) is 5.73 Å². The lowest BCUT2D eigenvalue weighted by Crippen LogP contribution is -2.28. The summed E-state index contributed by atoms with van der Waals surface area (Å²) in [6, 6.07) is 6.12. The van der Waals surface area contributed by atoms with Gasteiger partial charge in [0.15, 0.2) is 0 Å². The molecule has 0 radical (unpaired) electrons. The van der Waals surface area contributed by atoms with E-state index in [1.165, 1.54) is 11.1 Å². The summed E-state index contributed by atoms with van der Waals surface area (Å²) in [7, 11) is 1.69. The van der Waals surface area contributed by atoms with Crippen LogP contribution in [0.4, 0.5) is 8.78 Å². The fourth-order valence-electron chi connectivity index (χ4n) is 2.08. The second-order valence-electron chi connectivity index (χ2n) is 4.97. The Bertz CT molecular complexity index is 360. The van der Waals surface area contributed by atoms with Crippen LogP contribution in [0.5, 0.6) is 0 Å². The first-order valence-electron chi connectivity index (χ1n) is 6.19. The molecular formula is C14H22F2N2. The lowest BCUT2D eigenvalue weighted by molar-refractivity contribution is 0.0990. The number of hydrogen-bond acceptors (Lipinski definition) is 2. The molecule has 0 saturated heterocycles. The summed E-state index contributed by atoms with van der Waals surface area (Å²) in [5.41, 5.74) is 9.54. The third kappa shape index (κ3) is 5.10. The summed E-state index contributed by atoms with van der Waals surface area (Å²) in [5.74, 6) is 0. The molecule has 0 amide bonds. The van der Waals surface area contributed by atoms with Gasteiger partial charge in [-0.05, 0) is 39.4 Å². The standard InChI is InChI=1S/C14H22F2N2/c1-10-6-11(2)8-12(7-10)13(17)4-5-18(3)9-14(15)16/h6-8,13-14H,4-5,9,17H2,1-3H3. The Kier molecular flexibility index (Phi) is 5.69. The van der Waals surface area contributed by atoms with E-state index in [0.29, 0.717) is 13.0 Å². The second-order valence-corrected chi connectivity index (χ2v) is 4.97. The maximum atomic E-state index is 12.2. The number of halogens is 2. The van der Waals surface area contributed by atoms with Crippen LogP contribution in [0.3, 0.4) is 0 Å². The van der Waals surface area contributed by atoms with Gasteiger partial charge in [-0.1, -0.05) is 29.3 Å². The molecule has 0 spiro atoms. The lowest BCUT2D eigenvalue weighted by Gasteiger charge is -2.19. The van der Waals surface area contributed by atoms with Crippen LogP contribution in [0.2, 0.25) is 0 Å². The van der Waals surface area contributed by atoms with Crippen molar-refractivity contribution in [2.45, 2.75) is 32.7 Å². The monoisotopic (exact) mass is 256 g/mol. The molecular weight excluding hydrogens is 234 g/mol. The fourth-order valence-corrected chi connectivity index (χ4v) is 2.08. The number of rotatable bonds is 6. The first-order chi connectivity index (χ1) is 8.38. The van der Waals surface area contributed by atoms with Gasteiger partial charge in [-0.2, -0.15) is 0 Å². The van der Waals surface area contributed by atoms with Crippen molar-refractivity contribution in [1.29, 1.82) is 0 Å². The molecule has 1 atom stereocenters. The SMILES string of the molecule is Cc1cc(C)cc(C(N)CCN(C)CC(F)F)c1. The Morgan fingerprint density at radius 1 is 1.17 bits per heavy atom. The van der Waals surface area contributed by atoms with Gasteiger partial charge < -0.3 is 10.6 Å². The van der Waals surface area contributed by atoms with Crippen LogP contribution in [-0.4, -0.2) is 31.5 Å². The highest BCUT2D eigenvalue weighted by molar-refractivity contribution is 5.30. The van der Waals surface area contributed by atoms with Crippen LogP contribution in [0.1, 0.15) is 29.2 Å². The molecule has 0 aliphatic carbocycles. The van der Waals surface area contributed by atoms with Crippen molar-refractivity contribution in [2.75, 3.05) is 20.1 Å². The Hall–Kier alpha value is -1.00. The first kappa shape index (κ1) is 15.1. The molecule has 1 unspecified atom stereocenters. The Labute approximate surface area is 108 Å². The van der Waals surface area contributed by atoms with Crippen molar-refractivity contribution >= 4 is 0 Å². The van der Waals surface area contributed by atoms with Crippen LogP contribution >= 0.6 is 0 Å². The van der Waals surface area contributed by atoms with E-state index in [2.05, 4.69) is 18.2 Å². The van der Waals surface area contributed by atoms with E-state index < -0.39 is 6.43 Å². The molecule has 0 bridgehead atoms. The second kappa shape index (κ2) is 6.81. The van der Waals surface area contributed by atoms with E-state index in [0.717, 1.165) is 5.56 Å². The molecule has 0 heterocycles. The van der Waals surface area contributed by atoms with E-state index in [-0.39, 0.29) is 12.6 Å². The number of nitrogens with two attached hydrogens (primary N) is 1. The summed E-state index contributed by atoms with van der Waals surface area (Å²) in [4.78, 5) is 1.62. The highest BCUT2D eigenvalue weighted by Crippen LogP contribution is 2.18. The fraction of sp³-hybridized carbons (Fsp3) is 0.571. The lowest BCUT2D eigenvalue weighted by atomic mass is 10.00. The van der Waals surface area contributed by atoms with E-state index in [1.807, 2.05) is 13.8 Å². The molecule has 0 fully saturated rings. The molecule has 0 aliphatic heterocycles. The predicted octanol–water partition coefficient (Wildman–Crippen LogP) is 2.89. The average Bonchev–Trinajstić information content (AvgIpc) is 2.23. The van der Waals surface area contributed by atoms with Crippen molar-refractivity contribution in [3.63, 3.8) is 0 Å². The number of aryl methyl sites for hydroxylation is 2. The van der Waals surface area contributed by atoms with E-state index in [1.54, 1.807) is 11.9 Å². The van der Waals surface area contributed by atoms with E-state index in [9.17, 15) is 8.78 Å². The highest BCUT2D eigenvalue weighted by atomic mass is 19.3. The third-order valence-corrected chi connectivity index (χ3v) is 2.94. The van der Waals surface area contributed by atoms with Crippen molar-refractivity contribution < 1.29 is 8.78 Å². The van der Waals surface area contributed by atoms with Gasteiger partial charge in [0.05, 0.1) is 6.54 Å². The molecule has 2 nitrogen and oxygen atoms in total. The summed E-state index contributed by atoms with van der Waals surface area (Å²) in [5, 5.41) is 0. The van der Waals surface area contributed by atoms with Gasteiger partial charge in [-0.15, -0.1) is 0 Å². The van der Waals surface area contributed by atoms with Crippen LogP contribution in [0.25, 0.3) is 0 Å². The number of alkyl halides is 2. The summed E-state index contributed by atoms with van der Waals surface area (Å²) >= 11 is 0. The molecule has 2 N–H and O–H groups in total. The quantitative estimate of drug-likeness (QED) is 0.848. The third-order valence-electron chi connectivity index (χ3n) is 2.94. The topological polar surface area (TPSA) is 29.3 Å². The van der Waals surface area contributed by atoms with Gasteiger partial charge >= 0.3 is 0 Å². The Morgan fingerprint density at radius 3 is 2.22 bits per heavy atom. The Balaban J connectivity index is 2.52. The van der Waals surface area contributed by atoms with Crippen LogP contribution < -0.4 is 5.73 Å². The van der Waals surface area contributed by atoms with Crippen molar-refractivity contribution in [3.8, 4) is 0 Å². The average molecular weight is 256 g/mol. The molecule has 0 aromatic heterocycles. The molecule has 18 heavy (non-hydrogen) atoms. The maximum Gasteiger partial charge on any atom is 0.251 e. The smallest absolute Gasteiger partial charge is 0.251 e. The molecule has 102 valence electrons. The molecule has 1 aromatic rings. The van der Waals surface area contributed by atoms with Gasteiger partial charge in [0.2, 0.25) is 0 Å². The van der Waals surface area contributed by atoms with Crippen molar-refractivity contribution in [1.82, 2.24) is 4.90 Å². The van der Waals surface area contributed by atoms with Crippen LogP contribution in [-0.2, 0) is 0 Å². The number of nitrogens with zero attached hydrogens (tertiary/aromatic N) is 1. The van der Waals surface area contributed by atoms with Gasteiger partial charge in [-0.3, -0.25) is 0 Å². The van der Waals surface area contributed by atoms with Crippen LogP contribution in [0, 0.1) is 13.8 Å². The molecule has 1 rings (SSSR count). The predicted molar refractivity (Wildman–Crippen MR) is 71.0 cm³/mol. The largest absolute Gasteiger partial charge is 0.324 e. The minimum Gasteiger partial charge on any atom is -0.324 e. The van der Waals surface area contributed by atoms with Gasteiger partial charge in [0.25, 0.3) is 6.43 Å². The van der Waals surface area contributed by atoms with Gasteiger partial charge in [0, 0.05) is 6.04 Å². The maximum absolute atomic E-state index is 12.2. The van der Waals surface area contributed by atoms with E-state index in [4.69, 9.17) is 5.73 Å². The number of hydrogen-bond donors (Lipinski definition) is 1. The van der Waals surface area contributed by atoms with Gasteiger partial charge in [-0.25, -0.2) is 8.78 Å².